The molecule has 1 N–H and O–H groups in total. The van der Waals surface area contributed by atoms with Crippen molar-refractivity contribution in [3.8, 4) is 0 Å². The molecule has 4 saturated carbocycles. The Labute approximate surface area is 131 Å². The zero-order valence-corrected chi connectivity index (χ0v) is 13.2. The molecule has 4 aliphatic carbocycles. The van der Waals surface area contributed by atoms with Gasteiger partial charge in [0.05, 0.1) is 0 Å². The van der Waals surface area contributed by atoms with Crippen LogP contribution in [-0.2, 0) is 10.2 Å². The summed E-state index contributed by atoms with van der Waals surface area (Å²) in [6, 6.07) is 8.49. The van der Waals surface area contributed by atoms with Gasteiger partial charge in [-0.3, -0.25) is 4.79 Å². The van der Waals surface area contributed by atoms with E-state index in [0.29, 0.717) is 5.41 Å². The number of hydrogen-bond donors (Lipinski definition) is 1. The highest BCUT2D eigenvalue weighted by Crippen LogP contribution is 2.64. The van der Waals surface area contributed by atoms with Crippen molar-refractivity contribution in [3.05, 3.63) is 29.8 Å². The Balaban J connectivity index is 1.65. The number of benzene rings is 1. The van der Waals surface area contributed by atoms with Crippen molar-refractivity contribution >= 4 is 23.2 Å². The summed E-state index contributed by atoms with van der Waals surface area (Å²) in [6.45, 7) is 1.55. The topological polar surface area (TPSA) is 29.1 Å². The van der Waals surface area contributed by atoms with Crippen LogP contribution in [-0.4, -0.2) is 10.8 Å². The van der Waals surface area contributed by atoms with Crippen molar-refractivity contribution in [2.45, 2.75) is 55.7 Å². The first kappa shape index (κ1) is 13.6. The van der Waals surface area contributed by atoms with E-state index >= 15 is 0 Å². The maximum Gasteiger partial charge on any atom is 0.221 e. The number of anilines is 1. The molecule has 0 radical (unpaired) electrons. The lowest BCUT2D eigenvalue weighted by Gasteiger charge is -2.60. The number of amides is 1. The quantitative estimate of drug-likeness (QED) is 0.802. The number of hydrogen-bond acceptors (Lipinski definition) is 1. The van der Waals surface area contributed by atoms with Crippen LogP contribution in [0.2, 0.25) is 0 Å². The fraction of sp³-hybridized carbons (Fsp3) is 0.611. The molecule has 0 spiro atoms. The molecule has 4 fully saturated rings. The Hall–Kier alpha value is -1.02. The van der Waals surface area contributed by atoms with Crippen LogP contribution in [0.15, 0.2) is 24.3 Å². The van der Waals surface area contributed by atoms with E-state index in [4.69, 9.17) is 11.6 Å². The first-order valence-electron chi connectivity index (χ1n) is 8.04. The highest BCUT2D eigenvalue weighted by Gasteiger charge is 2.57. The van der Waals surface area contributed by atoms with Crippen molar-refractivity contribution in [1.29, 1.82) is 0 Å². The summed E-state index contributed by atoms with van der Waals surface area (Å²) in [5.74, 6) is 1.62. The van der Waals surface area contributed by atoms with Crippen molar-refractivity contribution in [3.63, 3.8) is 0 Å². The molecule has 0 aliphatic heterocycles. The first-order chi connectivity index (χ1) is 9.96. The molecule has 2 nitrogen and oxygen atoms in total. The average molecular weight is 304 g/mol. The predicted molar refractivity (Wildman–Crippen MR) is 85.7 cm³/mol. The molecule has 1 amide bonds. The summed E-state index contributed by atoms with van der Waals surface area (Å²) in [6.07, 6.45) is 7.57. The van der Waals surface area contributed by atoms with Gasteiger partial charge in [-0.15, -0.1) is 11.6 Å². The third-order valence-corrected chi connectivity index (χ3v) is 6.25. The van der Waals surface area contributed by atoms with Crippen LogP contribution in [0.5, 0.6) is 0 Å². The second-order valence-corrected chi connectivity index (χ2v) is 8.45. The monoisotopic (exact) mass is 303 g/mol. The summed E-state index contributed by atoms with van der Waals surface area (Å²) < 4.78 is 0. The second kappa shape index (κ2) is 4.49. The molecule has 4 atom stereocenters. The maximum atomic E-state index is 11.1. The van der Waals surface area contributed by atoms with Crippen molar-refractivity contribution < 1.29 is 4.79 Å². The van der Waals surface area contributed by atoms with E-state index in [0.717, 1.165) is 23.9 Å². The third kappa shape index (κ3) is 2.28. The highest BCUT2D eigenvalue weighted by atomic mass is 35.5. The Bertz CT molecular complexity index is 565. The largest absolute Gasteiger partial charge is 0.326 e. The molecule has 4 aliphatic rings. The lowest BCUT2D eigenvalue weighted by atomic mass is 9.47. The van der Waals surface area contributed by atoms with E-state index in [1.165, 1.54) is 37.7 Å². The summed E-state index contributed by atoms with van der Waals surface area (Å²) in [4.78, 5) is 11.2. The first-order valence-corrected chi connectivity index (χ1v) is 8.41. The number of carbonyl (C=O) groups is 1. The summed E-state index contributed by atoms with van der Waals surface area (Å²) in [7, 11) is 0. The molecule has 0 heterocycles. The second-order valence-electron chi connectivity index (χ2n) is 7.65. The fourth-order valence-corrected chi connectivity index (χ4v) is 6.29. The minimum atomic E-state index is -0.0164. The molecular weight excluding hydrogens is 282 g/mol. The van der Waals surface area contributed by atoms with Gasteiger partial charge in [0.15, 0.2) is 0 Å². The molecule has 1 aromatic rings. The Morgan fingerprint density at radius 3 is 2.29 bits per heavy atom. The van der Waals surface area contributed by atoms with Crippen molar-refractivity contribution in [1.82, 2.24) is 0 Å². The van der Waals surface area contributed by atoms with E-state index < -0.39 is 0 Å². The van der Waals surface area contributed by atoms with Crippen LogP contribution in [0.25, 0.3) is 0 Å². The SMILES string of the molecule is CC(=O)Nc1ccc(C23C[C@@H]4C[C@@H](CC(Cl)(C4)C2)C3)cc1. The van der Waals surface area contributed by atoms with Gasteiger partial charge in [0, 0.05) is 17.5 Å². The Kier molecular flexibility index (Phi) is 2.91. The molecule has 4 bridgehead atoms. The lowest BCUT2D eigenvalue weighted by Crippen LogP contribution is -2.55. The number of carbonyl (C=O) groups excluding carboxylic acids is 1. The average Bonchev–Trinajstić information content (AvgIpc) is 2.35. The molecule has 5 rings (SSSR count). The zero-order chi connectivity index (χ0) is 14.7. The number of alkyl halides is 1. The molecule has 3 heteroatoms. The normalized spacial score (nSPS) is 40.3. The fourth-order valence-electron chi connectivity index (χ4n) is 5.60. The molecule has 0 aromatic heterocycles. The van der Waals surface area contributed by atoms with Gasteiger partial charge in [0.1, 0.15) is 0 Å². The van der Waals surface area contributed by atoms with Gasteiger partial charge in [-0.05, 0) is 73.5 Å². The lowest BCUT2D eigenvalue weighted by molar-refractivity contribution is -0.114. The smallest absolute Gasteiger partial charge is 0.221 e. The van der Waals surface area contributed by atoms with Gasteiger partial charge in [-0.2, -0.15) is 0 Å². The molecular formula is C18H22ClNO. The van der Waals surface area contributed by atoms with E-state index in [1.54, 1.807) is 6.92 Å². The molecule has 1 aromatic carbocycles. The molecule has 0 saturated heterocycles. The molecule has 21 heavy (non-hydrogen) atoms. The van der Waals surface area contributed by atoms with Gasteiger partial charge in [0.25, 0.3) is 0 Å². The summed E-state index contributed by atoms with van der Waals surface area (Å²) >= 11 is 6.91. The Morgan fingerprint density at radius 1 is 1.14 bits per heavy atom. The van der Waals surface area contributed by atoms with Gasteiger partial charge >= 0.3 is 0 Å². The van der Waals surface area contributed by atoms with Crippen LogP contribution < -0.4 is 5.32 Å². The van der Waals surface area contributed by atoms with E-state index in [2.05, 4.69) is 17.4 Å². The van der Waals surface area contributed by atoms with Crippen LogP contribution in [0, 0.1) is 11.8 Å². The van der Waals surface area contributed by atoms with Crippen molar-refractivity contribution in [2.24, 2.45) is 11.8 Å². The van der Waals surface area contributed by atoms with E-state index in [9.17, 15) is 4.79 Å². The highest BCUT2D eigenvalue weighted by molar-refractivity contribution is 6.24. The van der Waals surface area contributed by atoms with Crippen LogP contribution in [0.3, 0.4) is 0 Å². The predicted octanol–water partition coefficient (Wildman–Crippen LogP) is 4.47. The van der Waals surface area contributed by atoms with Crippen LogP contribution in [0.1, 0.15) is 51.0 Å². The molecule has 2 unspecified atom stereocenters. The van der Waals surface area contributed by atoms with Crippen LogP contribution >= 0.6 is 11.6 Å². The molecule has 112 valence electrons. The van der Waals surface area contributed by atoms with Gasteiger partial charge in [0.2, 0.25) is 5.91 Å². The van der Waals surface area contributed by atoms with Crippen LogP contribution in [0.4, 0.5) is 5.69 Å². The third-order valence-electron chi connectivity index (χ3n) is 5.81. The summed E-state index contributed by atoms with van der Waals surface area (Å²) in [5.41, 5.74) is 2.60. The standard InChI is InChI=1S/C18H22ClNO/c1-12(21)20-16-4-2-15(3-5-16)17-7-13-6-14(8-17)10-18(19,9-13)11-17/h2-5,13-14H,6-11H2,1H3,(H,20,21)/t13-,14+,17?,18?. The van der Waals surface area contributed by atoms with Gasteiger partial charge < -0.3 is 5.32 Å². The van der Waals surface area contributed by atoms with Gasteiger partial charge in [-0.1, -0.05) is 12.1 Å². The van der Waals surface area contributed by atoms with Gasteiger partial charge in [-0.25, -0.2) is 0 Å². The van der Waals surface area contributed by atoms with E-state index in [1.807, 2.05) is 12.1 Å². The summed E-state index contributed by atoms with van der Waals surface area (Å²) in [5, 5.41) is 2.85. The minimum Gasteiger partial charge on any atom is -0.326 e. The number of nitrogens with one attached hydrogen (secondary N) is 1. The zero-order valence-electron chi connectivity index (χ0n) is 12.5. The minimum absolute atomic E-state index is 0.0164. The van der Waals surface area contributed by atoms with E-state index in [-0.39, 0.29) is 10.8 Å². The number of halogens is 1. The van der Waals surface area contributed by atoms with Crippen molar-refractivity contribution in [2.75, 3.05) is 5.32 Å². The maximum absolute atomic E-state index is 11.1. The number of rotatable bonds is 2. The Morgan fingerprint density at radius 2 is 1.76 bits per heavy atom.